The van der Waals surface area contributed by atoms with Crippen LogP contribution in [0, 0.1) is 0 Å². The van der Waals surface area contributed by atoms with Crippen LogP contribution in [0.3, 0.4) is 0 Å². The van der Waals surface area contributed by atoms with Crippen molar-refractivity contribution in [3.05, 3.63) is 16.4 Å². The molecule has 0 aliphatic carbocycles. The fraction of sp³-hybridized carbons (Fsp3) is 0.600. The zero-order valence-electron chi connectivity index (χ0n) is 10.6. The Labute approximate surface area is 110 Å². The van der Waals surface area contributed by atoms with E-state index in [0.717, 1.165) is 0 Å². The van der Waals surface area contributed by atoms with E-state index in [1.807, 2.05) is 0 Å². The predicted molar refractivity (Wildman–Crippen MR) is 73.5 cm³/mol. The molecule has 102 valence electrons. The number of nitrogens with zero attached hydrogens (tertiary/aromatic N) is 1. The Balaban J connectivity index is 2.65. The van der Waals surface area contributed by atoms with Crippen molar-refractivity contribution >= 4 is 27.4 Å². The average Bonchev–Trinajstić information content (AvgIpc) is 2.13. The van der Waals surface area contributed by atoms with Crippen molar-refractivity contribution in [1.82, 2.24) is 9.97 Å². The van der Waals surface area contributed by atoms with Crippen LogP contribution in [0.25, 0.3) is 0 Å². The number of rotatable bonds is 4. The number of nitrogens with two attached hydrogens (primary N) is 1. The third kappa shape index (κ3) is 4.02. The van der Waals surface area contributed by atoms with Gasteiger partial charge in [-0.1, -0.05) is 11.8 Å². The Bertz CT molecular complexity index is 573. The Kier molecular flexibility index (Phi) is 4.44. The molecule has 0 saturated carbocycles. The first-order valence-corrected chi connectivity index (χ1v) is 7.97. The van der Waals surface area contributed by atoms with Crippen LogP contribution in [-0.4, -0.2) is 34.6 Å². The lowest BCUT2D eigenvalue weighted by Gasteiger charge is -2.18. The Morgan fingerprint density at radius 1 is 1.44 bits per heavy atom. The number of aromatic amines is 1. The Morgan fingerprint density at radius 2 is 2.06 bits per heavy atom. The minimum atomic E-state index is -3.16. The molecule has 0 saturated heterocycles. The highest BCUT2D eigenvalue weighted by Crippen LogP contribution is 2.19. The number of thioether (sulfide) groups is 1. The molecule has 1 heterocycles. The molecule has 3 N–H and O–H groups in total. The normalized spacial score (nSPS) is 12.6. The molecular weight excluding hydrogens is 274 g/mol. The third-order valence-corrected chi connectivity index (χ3v) is 6.00. The maximum absolute atomic E-state index is 11.8. The fourth-order valence-corrected chi connectivity index (χ4v) is 3.44. The lowest BCUT2D eigenvalue weighted by Crippen LogP contribution is -2.31. The van der Waals surface area contributed by atoms with Gasteiger partial charge in [-0.05, 0) is 20.8 Å². The van der Waals surface area contributed by atoms with E-state index in [2.05, 4.69) is 9.97 Å². The van der Waals surface area contributed by atoms with E-state index >= 15 is 0 Å². The summed E-state index contributed by atoms with van der Waals surface area (Å²) < 4.78 is 22.9. The van der Waals surface area contributed by atoms with Crippen LogP contribution in [-0.2, 0) is 9.84 Å². The molecule has 0 bridgehead atoms. The van der Waals surface area contributed by atoms with Gasteiger partial charge in [0.05, 0.1) is 10.5 Å². The highest BCUT2D eigenvalue weighted by Gasteiger charge is 2.28. The number of H-pyrrole nitrogens is 1. The summed E-state index contributed by atoms with van der Waals surface area (Å²) in [5, 5.41) is 0.337. The van der Waals surface area contributed by atoms with Crippen LogP contribution in [0.5, 0.6) is 0 Å². The molecular formula is C10H17N3O3S2. The summed E-state index contributed by atoms with van der Waals surface area (Å²) in [5.74, 6) is 0.478. The van der Waals surface area contributed by atoms with Crippen LogP contribution >= 0.6 is 11.8 Å². The summed E-state index contributed by atoms with van der Waals surface area (Å²) in [7, 11) is -3.16. The molecule has 0 radical (unpaired) electrons. The van der Waals surface area contributed by atoms with Crippen LogP contribution < -0.4 is 11.3 Å². The summed E-state index contributed by atoms with van der Waals surface area (Å²) in [4.78, 5) is 17.5. The van der Waals surface area contributed by atoms with E-state index in [1.165, 1.54) is 17.8 Å². The first-order chi connectivity index (χ1) is 8.12. The third-order valence-electron chi connectivity index (χ3n) is 2.26. The van der Waals surface area contributed by atoms with Crippen molar-refractivity contribution in [3.63, 3.8) is 0 Å². The molecule has 0 spiro atoms. The number of aromatic nitrogens is 2. The molecule has 1 rings (SSSR count). The summed E-state index contributed by atoms with van der Waals surface area (Å²) in [6, 6.07) is 1.18. The molecule has 1 aromatic heterocycles. The molecule has 18 heavy (non-hydrogen) atoms. The largest absolute Gasteiger partial charge is 0.383 e. The van der Waals surface area contributed by atoms with E-state index in [1.54, 1.807) is 20.8 Å². The van der Waals surface area contributed by atoms with Gasteiger partial charge in [0, 0.05) is 11.8 Å². The van der Waals surface area contributed by atoms with E-state index in [-0.39, 0.29) is 17.1 Å². The van der Waals surface area contributed by atoms with Gasteiger partial charge in [-0.2, -0.15) is 0 Å². The number of sulfone groups is 1. The van der Waals surface area contributed by atoms with E-state index in [9.17, 15) is 13.2 Å². The van der Waals surface area contributed by atoms with Gasteiger partial charge in [-0.3, -0.25) is 4.79 Å². The molecule has 0 aliphatic rings. The average molecular weight is 291 g/mol. The predicted octanol–water partition coefficient (Wildman–Crippen LogP) is 0.658. The van der Waals surface area contributed by atoms with Crippen molar-refractivity contribution in [2.75, 3.05) is 17.2 Å². The van der Waals surface area contributed by atoms with Gasteiger partial charge >= 0.3 is 0 Å². The number of hydrogen-bond acceptors (Lipinski definition) is 6. The standard InChI is InChI=1S/C10H17N3O3S2/c1-10(2,3)18(15,16)5-4-17-9-12-7(11)6-8(14)13-9/h6H,4-5H2,1-3H3,(H3,11,12,13,14). The zero-order valence-corrected chi connectivity index (χ0v) is 12.2. The molecule has 6 nitrogen and oxygen atoms in total. The quantitative estimate of drug-likeness (QED) is 0.623. The highest BCUT2D eigenvalue weighted by atomic mass is 32.2. The topological polar surface area (TPSA) is 106 Å². The lowest BCUT2D eigenvalue weighted by atomic mass is 10.3. The molecule has 0 aromatic carbocycles. The first kappa shape index (κ1) is 15.0. The maximum Gasteiger partial charge on any atom is 0.253 e. The van der Waals surface area contributed by atoms with Crippen molar-refractivity contribution in [3.8, 4) is 0 Å². The fourth-order valence-electron chi connectivity index (χ4n) is 1.08. The van der Waals surface area contributed by atoms with E-state index in [0.29, 0.717) is 10.9 Å². The molecule has 0 atom stereocenters. The van der Waals surface area contributed by atoms with Crippen LogP contribution in [0.1, 0.15) is 20.8 Å². The first-order valence-electron chi connectivity index (χ1n) is 5.34. The molecule has 0 amide bonds. The summed E-state index contributed by atoms with van der Waals surface area (Å²) in [6.45, 7) is 4.98. The number of nitrogen functional groups attached to an aromatic ring is 1. The van der Waals surface area contributed by atoms with Crippen LogP contribution in [0.2, 0.25) is 0 Å². The highest BCUT2D eigenvalue weighted by molar-refractivity contribution is 8.00. The van der Waals surface area contributed by atoms with Crippen LogP contribution in [0.15, 0.2) is 16.0 Å². The Morgan fingerprint density at radius 3 is 2.56 bits per heavy atom. The zero-order chi connectivity index (χ0) is 14.0. The molecule has 1 aromatic rings. The van der Waals surface area contributed by atoms with Gasteiger partial charge in [-0.15, -0.1) is 0 Å². The second-order valence-corrected chi connectivity index (χ2v) is 8.70. The van der Waals surface area contributed by atoms with Crippen molar-refractivity contribution in [2.24, 2.45) is 0 Å². The molecule has 0 unspecified atom stereocenters. The van der Waals surface area contributed by atoms with Crippen molar-refractivity contribution < 1.29 is 8.42 Å². The van der Waals surface area contributed by atoms with Gasteiger partial charge in [0.25, 0.3) is 5.56 Å². The molecule has 0 aliphatic heterocycles. The van der Waals surface area contributed by atoms with Gasteiger partial charge < -0.3 is 10.7 Å². The van der Waals surface area contributed by atoms with E-state index < -0.39 is 14.6 Å². The summed E-state index contributed by atoms with van der Waals surface area (Å²) >= 11 is 1.17. The second kappa shape index (κ2) is 5.31. The number of nitrogens with one attached hydrogen (secondary N) is 1. The van der Waals surface area contributed by atoms with Gasteiger partial charge in [0.2, 0.25) is 0 Å². The van der Waals surface area contributed by atoms with Crippen molar-refractivity contribution in [2.45, 2.75) is 30.7 Å². The second-order valence-electron chi connectivity index (χ2n) is 4.76. The molecule has 8 heteroatoms. The SMILES string of the molecule is CC(C)(C)S(=O)(=O)CCSc1nc(N)cc(=O)[nH]1. The maximum atomic E-state index is 11.8. The summed E-state index contributed by atoms with van der Waals surface area (Å²) in [6.07, 6.45) is 0. The minimum absolute atomic E-state index is 0.0275. The van der Waals surface area contributed by atoms with Gasteiger partial charge in [0.15, 0.2) is 15.0 Å². The van der Waals surface area contributed by atoms with Crippen LogP contribution in [0.4, 0.5) is 5.82 Å². The van der Waals surface area contributed by atoms with Gasteiger partial charge in [0.1, 0.15) is 5.82 Å². The number of hydrogen-bond donors (Lipinski definition) is 2. The lowest BCUT2D eigenvalue weighted by molar-refractivity contribution is 0.562. The smallest absolute Gasteiger partial charge is 0.253 e. The minimum Gasteiger partial charge on any atom is -0.383 e. The number of anilines is 1. The molecule has 0 fully saturated rings. The van der Waals surface area contributed by atoms with Crippen molar-refractivity contribution in [1.29, 1.82) is 0 Å². The van der Waals surface area contributed by atoms with E-state index in [4.69, 9.17) is 5.73 Å². The Hall–Kier alpha value is -1.02. The summed E-state index contributed by atoms with van der Waals surface area (Å²) in [5.41, 5.74) is 5.08. The van der Waals surface area contributed by atoms with Gasteiger partial charge in [-0.25, -0.2) is 13.4 Å². The monoisotopic (exact) mass is 291 g/mol.